The zero-order valence-electron chi connectivity index (χ0n) is 20.3. The van der Waals surface area contributed by atoms with Gasteiger partial charge >= 0.3 is 5.97 Å². The second-order valence-corrected chi connectivity index (χ2v) is 7.80. The number of hydrogen-bond donors (Lipinski definition) is 3. The number of carbonyl (C=O) groups is 1. The van der Waals surface area contributed by atoms with Crippen molar-refractivity contribution in [3.63, 3.8) is 0 Å². The van der Waals surface area contributed by atoms with Crippen molar-refractivity contribution in [2.24, 2.45) is 0 Å². The van der Waals surface area contributed by atoms with Crippen molar-refractivity contribution in [3.8, 4) is 28.6 Å². The molecule has 0 radical (unpaired) electrons. The Bertz CT molecular complexity index is 1380. The number of phenols is 1. The van der Waals surface area contributed by atoms with Crippen molar-refractivity contribution in [2.45, 2.75) is 0 Å². The van der Waals surface area contributed by atoms with Crippen LogP contribution in [0.3, 0.4) is 0 Å². The van der Waals surface area contributed by atoms with Gasteiger partial charge in [0.15, 0.2) is 17.3 Å². The Hall–Kier alpha value is -4.48. The monoisotopic (exact) mass is 506 g/mol. The number of anilines is 2. The lowest BCUT2D eigenvalue weighted by molar-refractivity contribution is 0.0696. The third-order valence-electron chi connectivity index (χ3n) is 5.27. The number of hydrogen-bond acceptors (Lipinski definition) is 10. The molecule has 0 amide bonds. The number of nitrogens with one attached hydrogen (secondary N) is 1. The Morgan fingerprint density at radius 3 is 2.30 bits per heavy atom. The summed E-state index contributed by atoms with van der Waals surface area (Å²) in [5.41, 5.74) is 1.45. The average Bonchev–Trinajstić information content (AvgIpc) is 2.90. The van der Waals surface area contributed by atoms with Gasteiger partial charge in [-0.25, -0.2) is 14.8 Å². The minimum absolute atomic E-state index is 0.0432. The minimum atomic E-state index is -1.15. The van der Waals surface area contributed by atoms with E-state index in [1.54, 1.807) is 44.8 Å². The lowest BCUT2D eigenvalue weighted by Gasteiger charge is -2.16. The Balaban J connectivity index is 1.84. The molecule has 4 aromatic rings. The molecule has 0 atom stereocenters. The fourth-order valence-corrected chi connectivity index (χ4v) is 3.45. The van der Waals surface area contributed by atoms with Gasteiger partial charge in [-0.2, -0.15) is 0 Å². The second-order valence-electron chi connectivity index (χ2n) is 7.80. The summed E-state index contributed by atoms with van der Waals surface area (Å²) < 4.78 is 22.0. The van der Waals surface area contributed by atoms with Crippen molar-refractivity contribution < 1.29 is 34.0 Å². The smallest absolute Gasteiger partial charge is 0.335 e. The first kappa shape index (κ1) is 25.6. The highest BCUT2D eigenvalue weighted by molar-refractivity contribution is 5.95. The molecule has 2 aromatic heterocycles. The summed E-state index contributed by atoms with van der Waals surface area (Å²) in [6.07, 6.45) is 3.29. The molecule has 2 aromatic carbocycles. The van der Waals surface area contributed by atoms with Crippen molar-refractivity contribution in [2.75, 3.05) is 46.0 Å². The molecule has 2 heterocycles. The summed E-state index contributed by atoms with van der Waals surface area (Å²) in [5.74, 6) is 0.281. The predicted molar refractivity (Wildman–Crippen MR) is 136 cm³/mol. The molecule has 4 rings (SSSR count). The van der Waals surface area contributed by atoms with Gasteiger partial charge in [-0.05, 0) is 36.4 Å². The van der Waals surface area contributed by atoms with Crippen LogP contribution in [0.25, 0.3) is 22.3 Å². The second kappa shape index (κ2) is 12.0. The highest BCUT2D eigenvalue weighted by Gasteiger charge is 2.17. The van der Waals surface area contributed by atoms with E-state index in [0.29, 0.717) is 59.4 Å². The van der Waals surface area contributed by atoms with Gasteiger partial charge in [0.05, 0.1) is 30.0 Å². The number of aromatic hydroxyl groups is 1. The van der Waals surface area contributed by atoms with E-state index < -0.39 is 5.97 Å². The molecule has 0 saturated carbocycles. The van der Waals surface area contributed by atoms with Gasteiger partial charge in [0.25, 0.3) is 0 Å². The number of carboxylic acids is 1. The molecule has 11 nitrogen and oxygen atoms in total. The van der Waals surface area contributed by atoms with Crippen LogP contribution < -0.4 is 14.8 Å². The number of nitrogens with zero attached hydrogens (tertiary/aromatic N) is 3. The van der Waals surface area contributed by atoms with Gasteiger partial charge in [-0.1, -0.05) is 0 Å². The fourth-order valence-electron chi connectivity index (χ4n) is 3.45. The van der Waals surface area contributed by atoms with Crippen LogP contribution in [0.15, 0.2) is 54.9 Å². The van der Waals surface area contributed by atoms with Gasteiger partial charge in [0, 0.05) is 43.6 Å². The Labute approximate surface area is 212 Å². The van der Waals surface area contributed by atoms with Crippen molar-refractivity contribution in [3.05, 3.63) is 60.4 Å². The summed E-state index contributed by atoms with van der Waals surface area (Å²) in [7, 11) is 3.17. The molecule has 0 saturated heterocycles. The maximum atomic E-state index is 11.3. The fraction of sp³-hybridized carbons (Fsp3) is 0.231. The maximum Gasteiger partial charge on any atom is 0.335 e. The number of phenolic OH excluding ortho intramolecular Hbond substituents is 1. The van der Waals surface area contributed by atoms with Crippen LogP contribution in [0.2, 0.25) is 0 Å². The topological polar surface area (TPSA) is 145 Å². The number of aromatic carboxylic acids is 1. The van der Waals surface area contributed by atoms with Gasteiger partial charge < -0.3 is 34.5 Å². The van der Waals surface area contributed by atoms with Crippen LogP contribution in [0.5, 0.6) is 17.2 Å². The van der Waals surface area contributed by atoms with E-state index in [1.165, 1.54) is 12.1 Å². The Morgan fingerprint density at radius 1 is 0.946 bits per heavy atom. The first-order valence-electron chi connectivity index (χ1n) is 11.3. The summed E-state index contributed by atoms with van der Waals surface area (Å²) in [5, 5.41) is 23.4. The molecule has 0 bridgehead atoms. The molecule has 0 aliphatic rings. The van der Waals surface area contributed by atoms with Crippen molar-refractivity contribution in [1.29, 1.82) is 0 Å². The number of carboxylic acid groups (broad SMARTS) is 1. The Morgan fingerprint density at radius 2 is 1.68 bits per heavy atom. The SMILES string of the molecule is COCCOc1cc2nc(-c3cccnc3)nc(Nc3ccc(C(=O)O)cc3O)c2cc1OCCOC. The van der Waals surface area contributed by atoms with Gasteiger partial charge in [0.2, 0.25) is 0 Å². The van der Waals surface area contributed by atoms with Gasteiger partial charge in [-0.15, -0.1) is 0 Å². The van der Waals surface area contributed by atoms with Crippen molar-refractivity contribution >= 4 is 28.4 Å². The average molecular weight is 507 g/mol. The molecular weight excluding hydrogens is 480 g/mol. The third kappa shape index (κ3) is 6.21. The lowest BCUT2D eigenvalue weighted by Crippen LogP contribution is -2.09. The number of benzene rings is 2. The number of ether oxygens (including phenoxy) is 4. The number of fused-ring (bicyclic) bond motifs is 1. The highest BCUT2D eigenvalue weighted by Crippen LogP contribution is 2.37. The zero-order valence-corrected chi connectivity index (χ0v) is 20.3. The predicted octanol–water partition coefficient (Wildman–Crippen LogP) is 3.89. The summed E-state index contributed by atoms with van der Waals surface area (Å²) in [6, 6.07) is 11.1. The van der Waals surface area contributed by atoms with Crippen LogP contribution in [0, 0.1) is 0 Å². The molecule has 192 valence electrons. The zero-order chi connectivity index (χ0) is 26.2. The molecule has 37 heavy (non-hydrogen) atoms. The molecule has 0 unspecified atom stereocenters. The third-order valence-corrected chi connectivity index (χ3v) is 5.27. The molecule has 0 fully saturated rings. The van der Waals surface area contributed by atoms with E-state index in [4.69, 9.17) is 23.9 Å². The quantitative estimate of drug-likeness (QED) is 0.190. The highest BCUT2D eigenvalue weighted by atomic mass is 16.5. The normalized spacial score (nSPS) is 10.9. The van der Waals surface area contributed by atoms with Crippen LogP contribution in [-0.2, 0) is 9.47 Å². The van der Waals surface area contributed by atoms with Crippen LogP contribution >= 0.6 is 0 Å². The van der Waals surface area contributed by atoms with Crippen LogP contribution in [0.4, 0.5) is 11.5 Å². The number of pyridine rings is 1. The number of methoxy groups -OCH3 is 2. The summed E-state index contributed by atoms with van der Waals surface area (Å²) >= 11 is 0. The van der Waals surface area contributed by atoms with E-state index in [0.717, 1.165) is 6.07 Å². The number of rotatable bonds is 12. The van der Waals surface area contributed by atoms with E-state index in [2.05, 4.69) is 15.3 Å². The van der Waals surface area contributed by atoms with Gasteiger partial charge in [-0.3, -0.25) is 4.98 Å². The van der Waals surface area contributed by atoms with E-state index in [1.807, 2.05) is 6.07 Å². The Kier molecular flexibility index (Phi) is 8.29. The lowest BCUT2D eigenvalue weighted by atomic mass is 10.1. The molecular formula is C26H26N4O7. The largest absolute Gasteiger partial charge is 0.506 e. The van der Waals surface area contributed by atoms with Crippen molar-refractivity contribution in [1.82, 2.24) is 15.0 Å². The molecule has 11 heteroatoms. The standard InChI is InChI=1S/C26H26N4O7/c1-34-8-10-36-22-13-18-20(14-23(22)37-11-9-35-2)29-24(17-4-3-7-27-15-17)30-25(18)28-19-6-5-16(26(32)33)12-21(19)31/h3-7,12-15,31H,8-11H2,1-2H3,(H,32,33)(H,28,29,30). The van der Waals surface area contributed by atoms with Crippen LogP contribution in [0.1, 0.15) is 10.4 Å². The minimum Gasteiger partial charge on any atom is -0.506 e. The molecule has 0 spiro atoms. The first-order chi connectivity index (χ1) is 18.0. The van der Waals surface area contributed by atoms with E-state index in [-0.39, 0.29) is 23.6 Å². The summed E-state index contributed by atoms with van der Waals surface area (Å²) in [4.78, 5) is 24.8. The first-order valence-corrected chi connectivity index (χ1v) is 11.3. The molecule has 0 aliphatic heterocycles. The number of aromatic nitrogens is 3. The summed E-state index contributed by atoms with van der Waals surface area (Å²) in [6.45, 7) is 1.36. The molecule has 0 aliphatic carbocycles. The van der Waals surface area contributed by atoms with Crippen LogP contribution in [-0.4, -0.2) is 71.8 Å². The molecule has 3 N–H and O–H groups in total. The maximum absolute atomic E-state index is 11.3. The van der Waals surface area contributed by atoms with Gasteiger partial charge in [0.1, 0.15) is 24.8 Å². The van der Waals surface area contributed by atoms with E-state index >= 15 is 0 Å². The van der Waals surface area contributed by atoms with E-state index in [9.17, 15) is 15.0 Å².